The largest absolute Gasteiger partial charge is 0.469 e. The summed E-state index contributed by atoms with van der Waals surface area (Å²) >= 11 is 0. The Bertz CT molecular complexity index is 731. The number of allylic oxidation sites excluding steroid dienone is 4. The van der Waals surface area contributed by atoms with E-state index in [4.69, 9.17) is 19.3 Å². The lowest BCUT2D eigenvalue weighted by atomic mass is 10.1. The topological polar surface area (TPSA) is 119 Å². The summed E-state index contributed by atoms with van der Waals surface area (Å²) in [6.45, 7) is 3.57. The second-order valence-electron chi connectivity index (χ2n) is 10.8. The van der Waals surface area contributed by atoms with Crippen molar-refractivity contribution in [2.45, 2.75) is 155 Å². The summed E-state index contributed by atoms with van der Waals surface area (Å²) in [7, 11) is -4.74. The Kier molecular flexibility index (Phi) is 27.6. The van der Waals surface area contributed by atoms with E-state index in [0.29, 0.717) is 12.8 Å². The molecule has 240 valence electrons. The lowest BCUT2D eigenvalue weighted by Gasteiger charge is -2.18. The second kappa shape index (κ2) is 28.6. The van der Waals surface area contributed by atoms with Gasteiger partial charge in [0.05, 0.1) is 6.61 Å². The number of hydrogen-bond acceptors (Lipinski definition) is 6. The Morgan fingerprint density at radius 2 is 1.12 bits per heavy atom. The van der Waals surface area contributed by atoms with Crippen LogP contribution in [0, 0.1) is 0 Å². The van der Waals surface area contributed by atoms with E-state index < -0.39 is 32.5 Å². The van der Waals surface area contributed by atoms with Crippen LogP contribution >= 0.6 is 7.82 Å². The van der Waals surface area contributed by atoms with Crippen LogP contribution in [0.25, 0.3) is 0 Å². The van der Waals surface area contributed by atoms with Crippen LogP contribution in [0.5, 0.6) is 0 Å². The van der Waals surface area contributed by atoms with E-state index in [0.717, 1.165) is 64.2 Å². The van der Waals surface area contributed by atoms with E-state index in [1.54, 1.807) is 0 Å². The van der Waals surface area contributed by atoms with Crippen molar-refractivity contribution in [1.82, 2.24) is 0 Å². The molecule has 0 fully saturated rings. The number of rotatable bonds is 29. The molecule has 0 aromatic carbocycles. The van der Waals surface area contributed by atoms with Crippen molar-refractivity contribution in [1.29, 1.82) is 0 Å². The number of phosphoric acid groups is 1. The zero-order chi connectivity index (χ0) is 30.4. The molecule has 0 aromatic heterocycles. The molecule has 0 rings (SSSR count). The van der Waals surface area contributed by atoms with Gasteiger partial charge in [0, 0.05) is 12.8 Å². The first-order valence-corrected chi connectivity index (χ1v) is 17.7. The number of hydrogen-bond donors (Lipinski definition) is 2. The molecule has 2 N–H and O–H groups in total. The highest BCUT2D eigenvalue weighted by Crippen LogP contribution is 2.35. The minimum Gasteiger partial charge on any atom is -0.462 e. The lowest BCUT2D eigenvalue weighted by Crippen LogP contribution is -2.29. The molecular weight excluding hydrogens is 543 g/mol. The highest BCUT2D eigenvalue weighted by molar-refractivity contribution is 7.46. The van der Waals surface area contributed by atoms with E-state index in [1.165, 1.54) is 44.9 Å². The Balaban J connectivity index is 4.04. The van der Waals surface area contributed by atoms with E-state index in [2.05, 4.69) is 42.7 Å². The Hall–Kier alpha value is -1.47. The van der Waals surface area contributed by atoms with Crippen molar-refractivity contribution >= 4 is 19.8 Å². The van der Waals surface area contributed by atoms with Gasteiger partial charge in [0.1, 0.15) is 6.61 Å². The van der Waals surface area contributed by atoms with E-state index in [9.17, 15) is 14.2 Å². The number of phosphoric ester groups is 1. The molecule has 0 aliphatic heterocycles. The quantitative estimate of drug-likeness (QED) is 0.0377. The van der Waals surface area contributed by atoms with Crippen LogP contribution in [0.3, 0.4) is 0 Å². The van der Waals surface area contributed by atoms with Crippen LogP contribution in [0.4, 0.5) is 0 Å². The molecule has 0 aliphatic carbocycles. The van der Waals surface area contributed by atoms with Crippen molar-refractivity contribution in [3.05, 3.63) is 24.3 Å². The van der Waals surface area contributed by atoms with E-state index in [-0.39, 0.29) is 19.4 Å². The summed E-state index contributed by atoms with van der Waals surface area (Å²) in [5.41, 5.74) is 0. The predicted molar refractivity (Wildman–Crippen MR) is 165 cm³/mol. The zero-order valence-corrected chi connectivity index (χ0v) is 26.8. The van der Waals surface area contributed by atoms with Crippen LogP contribution in [0.15, 0.2) is 24.3 Å². The van der Waals surface area contributed by atoms with Gasteiger partial charge in [-0.05, 0) is 38.5 Å². The van der Waals surface area contributed by atoms with Gasteiger partial charge in [-0.3, -0.25) is 14.1 Å². The molecule has 0 amide bonds. The molecule has 0 unspecified atom stereocenters. The first-order valence-electron chi connectivity index (χ1n) is 16.1. The lowest BCUT2D eigenvalue weighted by molar-refractivity contribution is -0.161. The van der Waals surface area contributed by atoms with Crippen LogP contribution in [0.1, 0.15) is 149 Å². The average Bonchev–Trinajstić information content (AvgIpc) is 2.93. The van der Waals surface area contributed by atoms with Crippen LogP contribution in [0.2, 0.25) is 0 Å². The number of unbranched alkanes of at least 4 members (excludes halogenated alkanes) is 15. The summed E-state index contributed by atoms with van der Waals surface area (Å²) in [5.74, 6) is -0.905. The molecule has 0 spiro atoms. The van der Waals surface area contributed by atoms with Gasteiger partial charge < -0.3 is 19.3 Å². The first kappa shape index (κ1) is 39.5. The van der Waals surface area contributed by atoms with Gasteiger partial charge in [0.25, 0.3) is 0 Å². The Morgan fingerprint density at radius 1 is 0.634 bits per heavy atom. The molecule has 0 radical (unpaired) electrons. The molecular formula is C32H59O8P. The highest BCUT2D eigenvalue weighted by atomic mass is 31.2. The normalized spacial score (nSPS) is 12.8. The smallest absolute Gasteiger partial charge is 0.462 e. The predicted octanol–water partition coefficient (Wildman–Crippen LogP) is 8.90. The molecule has 8 nitrogen and oxygen atoms in total. The van der Waals surface area contributed by atoms with Gasteiger partial charge in [-0.2, -0.15) is 0 Å². The summed E-state index contributed by atoms with van der Waals surface area (Å²) in [5, 5.41) is 0. The molecule has 0 saturated carbocycles. The van der Waals surface area contributed by atoms with Crippen molar-refractivity contribution in [2.75, 3.05) is 13.2 Å². The van der Waals surface area contributed by atoms with Crippen LogP contribution < -0.4 is 0 Å². The van der Waals surface area contributed by atoms with Gasteiger partial charge in [-0.25, -0.2) is 4.57 Å². The number of ether oxygens (including phenoxy) is 2. The van der Waals surface area contributed by atoms with E-state index in [1.807, 2.05) is 0 Å². The van der Waals surface area contributed by atoms with Crippen molar-refractivity contribution in [2.24, 2.45) is 0 Å². The molecule has 0 aliphatic rings. The highest BCUT2D eigenvalue weighted by Gasteiger charge is 2.22. The van der Waals surface area contributed by atoms with Crippen molar-refractivity contribution < 1.29 is 37.9 Å². The standard InChI is InChI=1S/C32H59O8P/c1-3-5-7-9-11-13-14-15-16-17-19-20-22-24-26-31(33)38-28-30(29-39-41(35,36)37)40-32(34)27-25-23-21-18-12-10-8-6-4-2/h9,11,14-15,30H,3-8,10,12-13,16-29H2,1-2H3,(H2,35,36,37)/b11-9+,15-14+/t30-/m1/s1. The fourth-order valence-electron chi connectivity index (χ4n) is 4.27. The number of carbonyl (C=O) groups excluding carboxylic acids is 2. The fourth-order valence-corrected chi connectivity index (χ4v) is 4.63. The molecule has 41 heavy (non-hydrogen) atoms. The molecule has 1 atom stereocenters. The SMILES string of the molecule is CCCC/C=C/C/C=C/CCCCCCCC(=O)OC[C@H](COP(=O)(O)O)OC(=O)CCCCCCCCCCC. The molecule has 0 aromatic rings. The summed E-state index contributed by atoms with van der Waals surface area (Å²) in [4.78, 5) is 42.4. The van der Waals surface area contributed by atoms with Crippen LogP contribution in [-0.2, 0) is 28.2 Å². The zero-order valence-electron chi connectivity index (χ0n) is 25.9. The van der Waals surface area contributed by atoms with Crippen molar-refractivity contribution in [3.63, 3.8) is 0 Å². The van der Waals surface area contributed by atoms with Gasteiger partial charge in [-0.15, -0.1) is 0 Å². The monoisotopic (exact) mass is 602 g/mol. The molecule has 0 heterocycles. The summed E-state index contributed by atoms with van der Waals surface area (Å²) in [6, 6.07) is 0. The fraction of sp³-hybridized carbons (Fsp3) is 0.812. The van der Waals surface area contributed by atoms with Crippen molar-refractivity contribution in [3.8, 4) is 0 Å². The molecule has 0 saturated heterocycles. The van der Waals surface area contributed by atoms with Gasteiger partial charge in [0.2, 0.25) is 0 Å². The minimum atomic E-state index is -4.74. The first-order chi connectivity index (χ1) is 19.8. The third-order valence-electron chi connectivity index (χ3n) is 6.72. The van der Waals surface area contributed by atoms with Crippen LogP contribution in [-0.4, -0.2) is 41.0 Å². The summed E-state index contributed by atoms with van der Waals surface area (Å²) in [6.07, 6.45) is 29.1. The van der Waals surface area contributed by atoms with Gasteiger partial charge in [-0.1, -0.05) is 122 Å². The van der Waals surface area contributed by atoms with E-state index >= 15 is 0 Å². The average molecular weight is 603 g/mol. The van der Waals surface area contributed by atoms with Gasteiger partial charge >= 0.3 is 19.8 Å². The maximum atomic E-state index is 12.2. The Morgan fingerprint density at radius 3 is 1.68 bits per heavy atom. The maximum absolute atomic E-state index is 12.2. The minimum absolute atomic E-state index is 0.210. The molecule has 9 heteroatoms. The third kappa shape index (κ3) is 31.3. The second-order valence-corrected chi connectivity index (χ2v) is 12.0. The molecule has 0 bridgehead atoms. The number of esters is 2. The third-order valence-corrected chi connectivity index (χ3v) is 7.21. The Labute approximate surface area is 249 Å². The van der Waals surface area contributed by atoms with Gasteiger partial charge in [0.15, 0.2) is 6.10 Å². The summed E-state index contributed by atoms with van der Waals surface area (Å²) < 4.78 is 26.1. The number of carbonyl (C=O) groups is 2. The maximum Gasteiger partial charge on any atom is 0.469 e.